The van der Waals surface area contributed by atoms with Crippen LogP contribution in [0.5, 0.6) is 0 Å². The maximum atomic E-state index is 11.9. The number of nitrogens with one attached hydrogen (secondary N) is 2. The van der Waals surface area contributed by atoms with Crippen molar-refractivity contribution in [1.29, 1.82) is 5.26 Å². The highest BCUT2D eigenvalue weighted by Gasteiger charge is 2.17. The molecule has 7 nitrogen and oxygen atoms in total. The minimum absolute atomic E-state index is 0.0890. The number of carbonyl (C=O) groups excluding carboxylic acids is 3. The van der Waals surface area contributed by atoms with E-state index >= 15 is 0 Å². The first-order valence-electron chi connectivity index (χ1n) is 6.53. The lowest BCUT2D eigenvalue weighted by atomic mass is 10.1. The first-order valence-corrected chi connectivity index (χ1v) is 6.53. The van der Waals surface area contributed by atoms with Gasteiger partial charge in [-0.2, -0.15) is 5.26 Å². The van der Waals surface area contributed by atoms with Gasteiger partial charge in [0.1, 0.15) is 6.07 Å². The molecule has 0 bridgehead atoms. The fourth-order valence-corrected chi connectivity index (χ4v) is 1.85. The first-order chi connectivity index (χ1) is 11.0. The van der Waals surface area contributed by atoms with Crippen LogP contribution in [0.15, 0.2) is 48.5 Å². The summed E-state index contributed by atoms with van der Waals surface area (Å²) >= 11 is 0. The summed E-state index contributed by atoms with van der Waals surface area (Å²) in [6, 6.07) is 14.2. The molecular formula is C16H12N4O3. The summed E-state index contributed by atoms with van der Waals surface area (Å²) in [5, 5.41) is 13.6. The van der Waals surface area contributed by atoms with Crippen LogP contribution in [-0.2, 0) is 9.59 Å². The lowest BCUT2D eigenvalue weighted by Crippen LogP contribution is -2.30. The summed E-state index contributed by atoms with van der Waals surface area (Å²) in [6.45, 7) is 0. The van der Waals surface area contributed by atoms with Gasteiger partial charge in [-0.25, -0.2) is 0 Å². The number of rotatable bonds is 3. The van der Waals surface area contributed by atoms with E-state index in [1.807, 2.05) is 6.07 Å². The number of nitriles is 1. The number of primary amides is 1. The lowest BCUT2D eigenvalue weighted by Gasteiger charge is -2.09. The van der Waals surface area contributed by atoms with Gasteiger partial charge in [0.25, 0.3) is 5.91 Å². The Labute approximate surface area is 131 Å². The third kappa shape index (κ3) is 3.71. The van der Waals surface area contributed by atoms with Crippen LogP contribution in [0.3, 0.4) is 0 Å². The van der Waals surface area contributed by atoms with Gasteiger partial charge < -0.3 is 16.4 Å². The van der Waals surface area contributed by atoms with E-state index in [-0.39, 0.29) is 22.5 Å². The van der Waals surface area contributed by atoms with Gasteiger partial charge in [0.2, 0.25) is 0 Å². The highest BCUT2D eigenvalue weighted by molar-refractivity contribution is 6.44. The largest absolute Gasteiger partial charge is 0.366 e. The fourth-order valence-electron chi connectivity index (χ4n) is 1.85. The molecule has 2 rings (SSSR count). The summed E-state index contributed by atoms with van der Waals surface area (Å²) in [7, 11) is 0. The van der Waals surface area contributed by atoms with Crippen molar-refractivity contribution in [3.63, 3.8) is 0 Å². The normalized spacial score (nSPS) is 9.52. The molecule has 0 unspecified atom stereocenters. The van der Waals surface area contributed by atoms with Gasteiger partial charge in [-0.1, -0.05) is 24.3 Å². The van der Waals surface area contributed by atoms with Crippen LogP contribution in [0.25, 0.3) is 0 Å². The van der Waals surface area contributed by atoms with Crippen LogP contribution in [0, 0.1) is 11.3 Å². The highest BCUT2D eigenvalue weighted by Crippen LogP contribution is 2.16. The number of nitrogens with two attached hydrogens (primary N) is 1. The van der Waals surface area contributed by atoms with Crippen LogP contribution >= 0.6 is 0 Å². The summed E-state index contributed by atoms with van der Waals surface area (Å²) in [5.74, 6) is -2.67. The van der Waals surface area contributed by atoms with Crippen LogP contribution < -0.4 is 16.4 Å². The van der Waals surface area contributed by atoms with Gasteiger partial charge in [0.05, 0.1) is 22.5 Å². The number of benzene rings is 2. The van der Waals surface area contributed by atoms with Crippen molar-refractivity contribution in [2.24, 2.45) is 5.73 Å². The van der Waals surface area contributed by atoms with Gasteiger partial charge in [-0.05, 0) is 24.3 Å². The second-order valence-corrected chi connectivity index (χ2v) is 4.48. The second kappa shape index (κ2) is 6.87. The summed E-state index contributed by atoms with van der Waals surface area (Å²) in [4.78, 5) is 35.1. The van der Waals surface area contributed by atoms with Crippen molar-refractivity contribution in [1.82, 2.24) is 0 Å². The highest BCUT2D eigenvalue weighted by atomic mass is 16.2. The molecule has 0 spiro atoms. The zero-order chi connectivity index (χ0) is 16.8. The summed E-state index contributed by atoms with van der Waals surface area (Å²) in [5.41, 5.74) is 5.87. The molecule has 3 amide bonds. The molecule has 0 saturated carbocycles. The van der Waals surface area contributed by atoms with E-state index in [0.29, 0.717) is 0 Å². The third-order valence-corrected chi connectivity index (χ3v) is 2.94. The van der Waals surface area contributed by atoms with Crippen molar-refractivity contribution in [3.8, 4) is 6.07 Å². The number of carbonyl (C=O) groups is 3. The van der Waals surface area contributed by atoms with Crippen molar-refractivity contribution in [2.45, 2.75) is 0 Å². The third-order valence-electron chi connectivity index (χ3n) is 2.94. The maximum absolute atomic E-state index is 11.9. The van der Waals surface area contributed by atoms with Crippen molar-refractivity contribution in [2.75, 3.05) is 10.6 Å². The van der Waals surface area contributed by atoms with E-state index in [1.54, 1.807) is 24.3 Å². The minimum Gasteiger partial charge on any atom is -0.366 e. The molecule has 0 atom stereocenters. The number of para-hydroxylation sites is 2. The topological polar surface area (TPSA) is 125 Å². The fraction of sp³-hybridized carbons (Fsp3) is 0. The number of hydrogen-bond acceptors (Lipinski definition) is 4. The zero-order valence-corrected chi connectivity index (χ0v) is 11.9. The predicted molar refractivity (Wildman–Crippen MR) is 83.4 cm³/mol. The molecule has 0 radical (unpaired) electrons. The van der Waals surface area contributed by atoms with Gasteiger partial charge >= 0.3 is 11.8 Å². The Morgan fingerprint density at radius 3 is 2.00 bits per heavy atom. The van der Waals surface area contributed by atoms with E-state index in [0.717, 1.165) is 0 Å². The Kier molecular flexibility index (Phi) is 4.69. The van der Waals surface area contributed by atoms with E-state index in [2.05, 4.69) is 10.6 Å². The van der Waals surface area contributed by atoms with Crippen molar-refractivity contribution < 1.29 is 14.4 Å². The van der Waals surface area contributed by atoms with Crippen LogP contribution in [0.1, 0.15) is 15.9 Å². The van der Waals surface area contributed by atoms with E-state index < -0.39 is 17.7 Å². The molecule has 0 aliphatic heterocycles. The average molecular weight is 308 g/mol. The van der Waals surface area contributed by atoms with Crippen LogP contribution in [-0.4, -0.2) is 17.7 Å². The lowest BCUT2D eigenvalue weighted by molar-refractivity contribution is -0.133. The minimum atomic E-state index is -0.980. The SMILES string of the molecule is N#Cc1ccccc1NC(=O)C(=O)Nc1ccccc1C(N)=O. The molecule has 2 aromatic carbocycles. The quantitative estimate of drug-likeness (QED) is 0.737. The number of nitrogens with zero attached hydrogens (tertiary/aromatic N) is 1. The first kappa shape index (κ1) is 15.7. The molecule has 7 heteroatoms. The standard InChI is InChI=1S/C16H12N4O3/c17-9-10-5-1-3-7-12(10)19-15(22)16(23)20-13-8-4-2-6-11(13)14(18)21/h1-8H,(H2,18,21)(H,19,22)(H,20,23). The van der Waals surface area contributed by atoms with Crippen molar-refractivity contribution >= 4 is 29.1 Å². The van der Waals surface area contributed by atoms with Crippen LogP contribution in [0.4, 0.5) is 11.4 Å². The molecule has 4 N–H and O–H groups in total. The second-order valence-electron chi connectivity index (χ2n) is 4.48. The molecule has 0 saturated heterocycles. The maximum Gasteiger partial charge on any atom is 0.314 e. The van der Waals surface area contributed by atoms with E-state index in [4.69, 9.17) is 11.0 Å². The number of anilines is 2. The molecule has 114 valence electrons. The Bertz CT molecular complexity index is 824. The summed E-state index contributed by atoms with van der Waals surface area (Å²) < 4.78 is 0. The number of hydrogen-bond donors (Lipinski definition) is 3. The smallest absolute Gasteiger partial charge is 0.314 e. The molecular weight excluding hydrogens is 296 g/mol. The van der Waals surface area contributed by atoms with Crippen molar-refractivity contribution in [3.05, 3.63) is 59.7 Å². The molecule has 0 aromatic heterocycles. The average Bonchev–Trinajstić information content (AvgIpc) is 2.55. The van der Waals surface area contributed by atoms with Gasteiger partial charge in [0, 0.05) is 0 Å². The van der Waals surface area contributed by atoms with E-state index in [1.165, 1.54) is 24.3 Å². The molecule has 0 heterocycles. The molecule has 0 aliphatic carbocycles. The molecule has 0 aliphatic rings. The predicted octanol–water partition coefficient (Wildman–Crippen LogP) is 1.23. The monoisotopic (exact) mass is 308 g/mol. The Balaban J connectivity index is 2.14. The van der Waals surface area contributed by atoms with Gasteiger partial charge in [-0.3, -0.25) is 14.4 Å². The van der Waals surface area contributed by atoms with Gasteiger partial charge in [-0.15, -0.1) is 0 Å². The number of amides is 3. The molecule has 0 fully saturated rings. The summed E-state index contributed by atoms with van der Waals surface area (Å²) in [6.07, 6.45) is 0. The Hall–Kier alpha value is -3.66. The Morgan fingerprint density at radius 1 is 0.870 bits per heavy atom. The van der Waals surface area contributed by atoms with E-state index in [9.17, 15) is 14.4 Å². The Morgan fingerprint density at radius 2 is 1.39 bits per heavy atom. The van der Waals surface area contributed by atoms with Crippen LogP contribution in [0.2, 0.25) is 0 Å². The van der Waals surface area contributed by atoms with Gasteiger partial charge in [0.15, 0.2) is 0 Å². The molecule has 2 aromatic rings. The zero-order valence-electron chi connectivity index (χ0n) is 11.9. The molecule has 23 heavy (non-hydrogen) atoms.